The number of nitrogens with two attached hydrogens (primary N) is 1. The largest absolute Gasteiger partial charge is 0.387 e. The molecule has 1 atom stereocenters. The standard InChI is InChI=1S/C8H19N3OS/c1-4-10-7(9)11-5-8(2,12)6-13-3/h12H,4-6H2,1-3H3,(H3,9,10,11). The van der Waals surface area contributed by atoms with Crippen LogP contribution in [0, 0.1) is 0 Å². The molecule has 0 bridgehead atoms. The predicted octanol–water partition coefficient (Wildman–Crippen LogP) is 0.0246. The van der Waals surface area contributed by atoms with Crippen molar-refractivity contribution in [2.45, 2.75) is 19.4 Å². The zero-order valence-electron chi connectivity index (χ0n) is 8.50. The van der Waals surface area contributed by atoms with E-state index in [1.54, 1.807) is 18.7 Å². The summed E-state index contributed by atoms with van der Waals surface area (Å²) in [4.78, 5) is 4.02. The molecule has 0 spiro atoms. The molecule has 0 fully saturated rings. The lowest BCUT2D eigenvalue weighted by molar-refractivity contribution is 0.0955. The summed E-state index contributed by atoms with van der Waals surface area (Å²) in [5, 5.41) is 12.6. The van der Waals surface area contributed by atoms with Crippen LogP contribution in [0.15, 0.2) is 4.99 Å². The summed E-state index contributed by atoms with van der Waals surface area (Å²) in [6.45, 7) is 4.79. The van der Waals surface area contributed by atoms with Gasteiger partial charge in [0.1, 0.15) is 0 Å². The minimum Gasteiger partial charge on any atom is -0.387 e. The SMILES string of the molecule is CCNC(N)=NCC(C)(O)CSC. The molecule has 0 radical (unpaired) electrons. The summed E-state index contributed by atoms with van der Waals surface area (Å²) >= 11 is 1.59. The van der Waals surface area contributed by atoms with Crippen molar-refractivity contribution in [2.24, 2.45) is 10.7 Å². The number of thioether (sulfide) groups is 1. The Hall–Kier alpha value is -0.420. The highest BCUT2D eigenvalue weighted by molar-refractivity contribution is 7.98. The molecule has 0 saturated carbocycles. The summed E-state index contributed by atoms with van der Waals surface area (Å²) in [7, 11) is 0. The maximum atomic E-state index is 9.72. The van der Waals surface area contributed by atoms with E-state index in [0.717, 1.165) is 6.54 Å². The second kappa shape index (κ2) is 6.10. The van der Waals surface area contributed by atoms with Gasteiger partial charge < -0.3 is 16.2 Å². The Morgan fingerprint density at radius 1 is 1.69 bits per heavy atom. The average Bonchev–Trinajstić information content (AvgIpc) is 2.02. The van der Waals surface area contributed by atoms with Gasteiger partial charge >= 0.3 is 0 Å². The molecule has 0 saturated heterocycles. The van der Waals surface area contributed by atoms with E-state index in [1.165, 1.54) is 0 Å². The smallest absolute Gasteiger partial charge is 0.188 e. The number of nitrogens with one attached hydrogen (secondary N) is 1. The monoisotopic (exact) mass is 205 g/mol. The van der Waals surface area contributed by atoms with E-state index < -0.39 is 5.60 Å². The van der Waals surface area contributed by atoms with Gasteiger partial charge in [-0.05, 0) is 20.1 Å². The van der Waals surface area contributed by atoms with Gasteiger partial charge in [0.25, 0.3) is 0 Å². The van der Waals surface area contributed by atoms with Crippen molar-refractivity contribution in [1.29, 1.82) is 0 Å². The average molecular weight is 205 g/mol. The summed E-state index contributed by atoms with van der Waals surface area (Å²) in [6, 6.07) is 0. The van der Waals surface area contributed by atoms with E-state index >= 15 is 0 Å². The second-order valence-corrected chi connectivity index (χ2v) is 4.03. The molecule has 0 aromatic heterocycles. The quantitative estimate of drug-likeness (QED) is 0.437. The predicted molar refractivity (Wildman–Crippen MR) is 59.2 cm³/mol. The van der Waals surface area contributed by atoms with Crippen LogP contribution in [-0.2, 0) is 0 Å². The third-order valence-corrected chi connectivity index (χ3v) is 2.31. The van der Waals surface area contributed by atoms with Gasteiger partial charge in [-0.1, -0.05) is 0 Å². The molecule has 0 aliphatic heterocycles. The van der Waals surface area contributed by atoms with E-state index in [-0.39, 0.29) is 0 Å². The number of aliphatic imine (C=N–C) groups is 1. The van der Waals surface area contributed by atoms with Crippen LogP contribution >= 0.6 is 11.8 Å². The fourth-order valence-electron chi connectivity index (χ4n) is 0.849. The van der Waals surface area contributed by atoms with Crippen LogP contribution < -0.4 is 11.1 Å². The van der Waals surface area contributed by atoms with E-state index in [9.17, 15) is 5.11 Å². The molecule has 5 heteroatoms. The Morgan fingerprint density at radius 2 is 2.31 bits per heavy atom. The van der Waals surface area contributed by atoms with Crippen LogP contribution in [0.3, 0.4) is 0 Å². The third kappa shape index (κ3) is 6.72. The normalized spacial score (nSPS) is 16.8. The molecule has 0 aromatic rings. The maximum Gasteiger partial charge on any atom is 0.188 e. The van der Waals surface area contributed by atoms with E-state index in [1.807, 2.05) is 13.2 Å². The van der Waals surface area contributed by atoms with E-state index in [2.05, 4.69) is 10.3 Å². The molecule has 78 valence electrons. The first kappa shape index (κ1) is 12.6. The zero-order chi connectivity index (χ0) is 10.3. The first-order valence-corrected chi connectivity index (χ1v) is 5.66. The van der Waals surface area contributed by atoms with Gasteiger partial charge in [0, 0.05) is 12.3 Å². The summed E-state index contributed by atoms with van der Waals surface area (Å²) in [5.74, 6) is 1.06. The lowest BCUT2D eigenvalue weighted by Gasteiger charge is -2.19. The number of guanidine groups is 1. The van der Waals surface area contributed by atoms with Gasteiger partial charge in [-0.15, -0.1) is 0 Å². The Balaban J connectivity index is 3.90. The van der Waals surface area contributed by atoms with Crippen molar-refractivity contribution >= 4 is 17.7 Å². The molecular weight excluding hydrogens is 186 g/mol. The molecule has 0 rings (SSSR count). The minimum absolute atomic E-state index is 0.340. The molecule has 13 heavy (non-hydrogen) atoms. The topological polar surface area (TPSA) is 70.6 Å². The molecular formula is C8H19N3OS. The van der Waals surface area contributed by atoms with Gasteiger partial charge in [0.15, 0.2) is 5.96 Å². The van der Waals surface area contributed by atoms with Gasteiger partial charge in [-0.2, -0.15) is 11.8 Å². The molecule has 0 aliphatic carbocycles. The first-order chi connectivity index (χ1) is 6.02. The van der Waals surface area contributed by atoms with Crippen molar-refractivity contribution in [2.75, 3.05) is 25.1 Å². The maximum absolute atomic E-state index is 9.72. The highest BCUT2D eigenvalue weighted by atomic mass is 32.2. The molecule has 0 heterocycles. The lowest BCUT2D eigenvalue weighted by atomic mass is 10.1. The number of hydrogen-bond acceptors (Lipinski definition) is 3. The van der Waals surface area contributed by atoms with Crippen molar-refractivity contribution in [3.05, 3.63) is 0 Å². The lowest BCUT2D eigenvalue weighted by Crippen LogP contribution is -2.36. The summed E-state index contributed by atoms with van der Waals surface area (Å²) < 4.78 is 0. The van der Waals surface area contributed by atoms with Crippen molar-refractivity contribution < 1.29 is 5.11 Å². The third-order valence-electron chi connectivity index (χ3n) is 1.40. The van der Waals surface area contributed by atoms with Gasteiger partial charge in [0.2, 0.25) is 0 Å². The van der Waals surface area contributed by atoms with E-state index in [0.29, 0.717) is 18.3 Å². The van der Waals surface area contributed by atoms with Gasteiger partial charge in [-0.25, -0.2) is 0 Å². The highest BCUT2D eigenvalue weighted by Gasteiger charge is 2.18. The molecule has 4 N–H and O–H groups in total. The number of aliphatic hydroxyl groups is 1. The number of nitrogens with zero attached hydrogens (tertiary/aromatic N) is 1. The van der Waals surface area contributed by atoms with Crippen LogP contribution in [0.5, 0.6) is 0 Å². The van der Waals surface area contributed by atoms with E-state index in [4.69, 9.17) is 5.73 Å². The Morgan fingerprint density at radius 3 is 2.77 bits per heavy atom. The van der Waals surface area contributed by atoms with Crippen LogP contribution in [0.1, 0.15) is 13.8 Å². The molecule has 0 aliphatic rings. The van der Waals surface area contributed by atoms with Crippen LogP contribution in [0.2, 0.25) is 0 Å². The van der Waals surface area contributed by atoms with Crippen molar-refractivity contribution in [3.63, 3.8) is 0 Å². The zero-order valence-corrected chi connectivity index (χ0v) is 9.32. The minimum atomic E-state index is -0.764. The second-order valence-electron chi connectivity index (χ2n) is 3.16. The van der Waals surface area contributed by atoms with Crippen LogP contribution in [0.25, 0.3) is 0 Å². The Labute approximate surface area is 84.0 Å². The summed E-state index contributed by atoms with van der Waals surface area (Å²) in [6.07, 6.45) is 1.95. The molecule has 1 unspecified atom stereocenters. The van der Waals surface area contributed by atoms with Crippen molar-refractivity contribution in [1.82, 2.24) is 5.32 Å². The van der Waals surface area contributed by atoms with Gasteiger partial charge in [-0.3, -0.25) is 4.99 Å². The Kier molecular flexibility index (Phi) is 5.90. The molecule has 4 nitrogen and oxygen atoms in total. The summed E-state index contributed by atoms with van der Waals surface area (Å²) in [5.41, 5.74) is 4.74. The Bertz CT molecular complexity index is 171. The fraction of sp³-hybridized carbons (Fsp3) is 0.875. The number of rotatable bonds is 5. The first-order valence-electron chi connectivity index (χ1n) is 4.27. The van der Waals surface area contributed by atoms with Crippen LogP contribution in [-0.4, -0.2) is 41.8 Å². The van der Waals surface area contributed by atoms with Gasteiger partial charge in [0.05, 0.1) is 12.1 Å². The molecule has 0 aromatic carbocycles. The number of hydrogen-bond donors (Lipinski definition) is 3. The molecule has 0 amide bonds. The van der Waals surface area contributed by atoms with Crippen LogP contribution in [0.4, 0.5) is 0 Å². The highest BCUT2D eigenvalue weighted by Crippen LogP contribution is 2.10. The fourth-order valence-corrected chi connectivity index (χ4v) is 1.56. The van der Waals surface area contributed by atoms with Crippen molar-refractivity contribution in [3.8, 4) is 0 Å².